The van der Waals surface area contributed by atoms with Crippen molar-refractivity contribution in [1.82, 2.24) is 9.88 Å². The van der Waals surface area contributed by atoms with Crippen LogP contribution >= 0.6 is 0 Å². The van der Waals surface area contributed by atoms with Crippen LogP contribution in [0.2, 0.25) is 0 Å². The Hall–Kier alpha value is -2.36. The Morgan fingerprint density at radius 2 is 2.05 bits per heavy atom. The first-order valence-corrected chi connectivity index (χ1v) is 7.41. The van der Waals surface area contributed by atoms with E-state index in [-0.39, 0.29) is 24.1 Å². The van der Waals surface area contributed by atoms with Crippen molar-refractivity contribution < 1.29 is 9.90 Å². The molecular formula is C18H22N2O2. The second-order valence-electron chi connectivity index (χ2n) is 5.69. The van der Waals surface area contributed by atoms with Crippen molar-refractivity contribution in [3.63, 3.8) is 0 Å². The zero-order valence-corrected chi connectivity index (χ0v) is 13.3. The summed E-state index contributed by atoms with van der Waals surface area (Å²) < 4.78 is 0. The van der Waals surface area contributed by atoms with Crippen molar-refractivity contribution in [3.8, 4) is 5.75 Å². The zero-order valence-electron chi connectivity index (χ0n) is 13.3. The molecule has 2 aromatic rings. The van der Waals surface area contributed by atoms with Gasteiger partial charge >= 0.3 is 0 Å². The van der Waals surface area contributed by atoms with E-state index in [0.29, 0.717) is 12.0 Å². The minimum Gasteiger partial charge on any atom is -0.508 e. The Labute approximate surface area is 131 Å². The molecule has 22 heavy (non-hydrogen) atoms. The third-order valence-corrected chi connectivity index (χ3v) is 3.86. The number of phenols is 1. The number of aromatic hydroxyl groups is 1. The summed E-state index contributed by atoms with van der Waals surface area (Å²) in [6.45, 7) is 4.04. The molecular weight excluding hydrogens is 276 g/mol. The fourth-order valence-corrected chi connectivity index (χ4v) is 2.34. The number of rotatable bonds is 5. The highest BCUT2D eigenvalue weighted by Gasteiger charge is 2.18. The van der Waals surface area contributed by atoms with Crippen molar-refractivity contribution in [2.45, 2.75) is 32.7 Å². The van der Waals surface area contributed by atoms with Gasteiger partial charge in [0.1, 0.15) is 5.75 Å². The van der Waals surface area contributed by atoms with E-state index in [1.165, 1.54) is 5.56 Å². The van der Waals surface area contributed by atoms with Crippen LogP contribution in [-0.2, 0) is 17.6 Å². The SMILES string of the molecule is Cc1ccnc(C[C@H](C)N(C)C(=O)Cc2ccccc2O)c1. The van der Waals surface area contributed by atoms with Crippen molar-refractivity contribution in [2.24, 2.45) is 0 Å². The summed E-state index contributed by atoms with van der Waals surface area (Å²) in [7, 11) is 1.79. The molecule has 1 aromatic heterocycles. The largest absolute Gasteiger partial charge is 0.508 e. The van der Waals surface area contributed by atoms with Crippen molar-refractivity contribution in [2.75, 3.05) is 7.05 Å². The third kappa shape index (κ3) is 4.07. The molecule has 0 aliphatic heterocycles. The van der Waals surface area contributed by atoms with Gasteiger partial charge in [0.25, 0.3) is 0 Å². The number of nitrogens with zero attached hydrogens (tertiary/aromatic N) is 2. The number of phenolic OH excluding ortho intramolecular Hbond substituents is 1. The maximum absolute atomic E-state index is 12.4. The topological polar surface area (TPSA) is 53.4 Å². The Bertz CT molecular complexity index is 655. The van der Waals surface area contributed by atoms with Gasteiger partial charge in [0.15, 0.2) is 0 Å². The van der Waals surface area contributed by atoms with Crippen LogP contribution in [0.4, 0.5) is 0 Å². The maximum atomic E-state index is 12.4. The predicted molar refractivity (Wildman–Crippen MR) is 86.7 cm³/mol. The van der Waals surface area contributed by atoms with Gasteiger partial charge in [-0.2, -0.15) is 0 Å². The second-order valence-corrected chi connectivity index (χ2v) is 5.69. The number of aromatic nitrogens is 1. The minimum absolute atomic E-state index is 0.0124. The Balaban J connectivity index is 1.99. The second kappa shape index (κ2) is 7.07. The molecule has 0 radical (unpaired) electrons. The van der Waals surface area contributed by atoms with E-state index in [0.717, 1.165) is 5.69 Å². The summed E-state index contributed by atoms with van der Waals surface area (Å²) in [6, 6.07) is 11.0. The first kappa shape index (κ1) is 16.0. The van der Waals surface area contributed by atoms with Crippen molar-refractivity contribution in [1.29, 1.82) is 0 Å². The first-order valence-electron chi connectivity index (χ1n) is 7.41. The lowest BCUT2D eigenvalue weighted by Gasteiger charge is -2.25. The summed E-state index contributed by atoms with van der Waals surface area (Å²) in [5, 5.41) is 9.76. The summed E-state index contributed by atoms with van der Waals surface area (Å²) in [5.41, 5.74) is 2.80. The van der Waals surface area contributed by atoms with Gasteiger partial charge in [0, 0.05) is 37.0 Å². The Morgan fingerprint density at radius 1 is 1.32 bits per heavy atom. The molecule has 0 saturated carbocycles. The normalized spacial score (nSPS) is 12.0. The molecule has 0 saturated heterocycles. The molecule has 1 N–H and O–H groups in total. The highest BCUT2D eigenvalue weighted by atomic mass is 16.3. The van der Waals surface area contributed by atoms with Crippen LogP contribution < -0.4 is 0 Å². The molecule has 0 spiro atoms. The van der Waals surface area contributed by atoms with Crippen LogP contribution in [-0.4, -0.2) is 34.0 Å². The number of hydrogen-bond acceptors (Lipinski definition) is 3. The lowest BCUT2D eigenvalue weighted by atomic mass is 10.1. The smallest absolute Gasteiger partial charge is 0.227 e. The van der Waals surface area contributed by atoms with Crippen molar-refractivity contribution in [3.05, 3.63) is 59.4 Å². The van der Waals surface area contributed by atoms with E-state index in [2.05, 4.69) is 4.98 Å². The molecule has 0 aliphatic carbocycles. The number of carbonyl (C=O) groups excluding carboxylic acids is 1. The molecule has 1 aromatic carbocycles. The van der Waals surface area contributed by atoms with Gasteiger partial charge in [0.2, 0.25) is 5.91 Å². The molecule has 116 valence electrons. The number of amides is 1. The highest BCUT2D eigenvalue weighted by molar-refractivity contribution is 5.79. The number of hydrogen-bond donors (Lipinski definition) is 1. The molecule has 1 heterocycles. The van der Waals surface area contributed by atoms with E-state index in [1.807, 2.05) is 32.0 Å². The van der Waals surface area contributed by atoms with E-state index >= 15 is 0 Å². The Morgan fingerprint density at radius 3 is 2.73 bits per heavy atom. The van der Waals surface area contributed by atoms with Gasteiger partial charge in [-0.15, -0.1) is 0 Å². The number of para-hydroxylation sites is 1. The van der Waals surface area contributed by atoms with Gasteiger partial charge < -0.3 is 10.0 Å². The van der Waals surface area contributed by atoms with Crippen molar-refractivity contribution >= 4 is 5.91 Å². The van der Waals surface area contributed by atoms with Crippen LogP contribution in [0.3, 0.4) is 0 Å². The van der Waals surface area contributed by atoms with Gasteiger partial charge in [-0.1, -0.05) is 18.2 Å². The fraction of sp³-hybridized carbons (Fsp3) is 0.333. The molecule has 4 nitrogen and oxygen atoms in total. The van der Waals surface area contributed by atoms with Gasteiger partial charge in [0.05, 0.1) is 6.42 Å². The van der Waals surface area contributed by atoms with Gasteiger partial charge in [-0.3, -0.25) is 9.78 Å². The molecule has 1 atom stereocenters. The number of aryl methyl sites for hydroxylation is 1. The molecule has 2 rings (SSSR count). The first-order chi connectivity index (χ1) is 10.5. The van der Waals surface area contributed by atoms with E-state index in [9.17, 15) is 9.90 Å². The summed E-state index contributed by atoms with van der Waals surface area (Å²) in [5.74, 6) is 0.152. The lowest BCUT2D eigenvalue weighted by Crippen LogP contribution is -2.37. The number of pyridine rings is 1. The van der Waals surface area contributed by atoms with E-state index in [1.54, 1.807) is 36.3 Å². The summed E-state index contributed by atoms with van der Waals surface area (Å²) >= 11 is 0. The quantitative estimate of drug-likeness (QED) is 0.923. The van der Waals surface area contributed by atoms with Crippen LogP contribution in [0.15, 0.2) is 42.6 Å². The van der Waals surface area contributed by atoms with E-state index < -0.39 is 0 Å². The van der Waals surface area contributed by atoms with Gasteiger partial charge in [-0.05, 0) is 37.6 Å². The predicted octanol–water partition coefficient (Wildman–Crippen LogP) is 2.73. The molecule has 0 unspecified atom stereocenters. The summed E-state index contributed by atoms with van der Waals surface area (Å²) in [4.78, 5) is 18.4. The lowest BCUT2D eigenvalue weighted by molar-refractivity contribution is -0.130. The molecule has 0 aliphatic rings. The van der Waals surface area contributed by atoms with Crippen LogP contribution in [0, 0.1) is 6.92 Å². The van der Waals surface area contributed by atoms with Gasteiger partial charge in [-0.25, -0.2) is 0 Å². The molecule has 1 amide bonds. The zero-order chi connectivity index (χ0) is 16.1. The average Bonchev–Trinajstić information content (AvgIpc) is 2.48. The van der Waals surface area contributed by atoms with Crippen LogP contribution in [0.5, 0.6) is 5.75 Å². The molecule has 4 heteroatoms. The molecule has 0 fully saturated rings. The monoisotopic (exact) mass is 298 g/mol. The van der Waals surface area contributed by atoms with Crippen LogP contribution in [0.25, 0.3) is 0 Å². The van der Waals surface area contributed by atoms with E-state index in [4.69, 9.17) is 0 Å². The van der Waals surface area contributed by atoms with Crippen LogP contribution in [0.1, 0.15) is 23.7 Å². The number of benzene rings is 1. The standard InChI is InChI=1S/C18H22N2O2/c1-13-8-9-19-16(10-13)11-14(2)20(3)18(22)12-15-6-4-5-7-17(15)21/h4-10,14,21H,11-12H2,1-3H3/t14-/m0/s1. The minimum atomic E-state index is -0.0124. The Kier molecular flexibility index (Phi) is 5.15. The molecule has 0 bridgehead atoms. The number of carbonyl (C=O) groups is 1. The average molecular weight is 298 g/mol. The summed E-state index contributed by atoms with van der Waals surface area (Å²) in [6.07, 6.45) is 2.71. The highest BCUT2D eigenvalue weighted by Crippen LogP contribution is 2.17. The third-order valence-electron chi connectivity index (χ3n) is 3.86. The maximum Gasteiger partial charge on any atom is 0.227 e. The fourth-order valence-electron chi connectivity index (χ4n) is 2.34. The number of likely N-dealkylation sites (N-methyl/N-ethyl adjacent to an activating group) is 1.